The van der Waals surface area contributed by atoms with E-state index >= 15 is 0 Å². The van der Waals surface area contributed by atoms with Crippen LogP contribution in [0.1, 0.15) is 42.3 Å². The summed E-state index contributed by atoms with van der Waals surface area (Å²) in [5, 5.41) is 15.9. The molecule has 2 atom stereocenters. The maximum Gasteiger partial charge on any atom is 0.332 e. The number of nitrogens with one attached hydrogen (secondary N) is 2. The summed E-state index contributed by atoms with van der Waals surface area (Å²) in [4.78, 5) is 55.2. The highest BCUT2D eigenvalue weighted by Crippen LogP contribution is 2.47. The summed E-state index contributed by atoms with van der Waals surface area (Å²) >= 11 is 14.2. The topological polar surface area (TPSA) is 160 Å². The number of aryl methyl sites for hydroxylation is 2. The summed E-state index contributed by atoms with van der Waals surface area (Å²) in [6.07, 6.45) is -0.643. The molecule has 5 heterocycles. The van der Waals surface area contributed by atoms with Crippen molar-refractivity contribution < 1.29 is 23.4 Å². The molecule has 5 aromatic rings. The first-order valence-corrected chi connectivity index (χ1v) is 18.7. The van der Waals surface area contributed by atoms with Crippen LogP contribution < -0.4 is 26.6 Å². The molecule has 56 heavy (non-hydrogen) atoms. The smallest absolute Gasteiger partial charge is 0.332 e. The molecule has 3 aliphatic rings. The van der Waals surface area contributed by atoms with Crippen molar-refractivity contribution in [1.82, 2.24) is 39.2 Å². The molecule has 14 nitrogen and oxygen atoms in total. The molecule has 0 bridgehead atoms. The minimum Gasteiger partial charge on any atom is -0.481 e. The van der Waals surface area contributed by atoms with E-state index in [-0.39, 0.29) is 51.8 Å². The number of aliphatic hydroxyl groups is 1. The average molecular weight is 809 g/mol. The number of rotatable bonds is 9. The van der Waals surface area contributed by atoms with Gasteiger partial charge in [0.15, 0.2) is 11.5 Å². The number of β-amino-alcohol motifs (C(OH)–C–C–N with tert-alkyl or cyclic N) is 1. The van der Waals surface area contributed by atoms with Crippen molar-refractivity contribution in [3.8, 4) is 28.3 Å². The highest BCUT2D eigenvalue weighted by atomic mass is 35.5. The lowest BCUT2D eigenvalue weighted by molar-refractivity contribution is 0.141. The molecule has 2 saturated heterocycles. The summed E-state index contributed by atoms with van der Waals surface area (Å²) < 4.78 is 35.6. The van der Waals surface area contributed by atoms with Crippen molar-refractivity contribution in [3.63, 3.8) is 0 Å². The van der Waals surface area contributed by atoms with Gasteiger partial charge in [-0.15, -0.1) is 0 Å². The van der Waals surface area contributed by atoms with E-state index in [1.54, 1.807) is 36.3 Å². The number of pyridine rings is 1. The number of alkyl halides is 2. The van der Waals surface area contributed by atoms with Crippen LogP contribution in [0, 0.1) is 0 Å². The average Bonchev–Trinajstić information content (AvgIpc) is 3.89. The molecule has 18 heteroatoms. The van der Waals surface area contributed by atoms with Crippen LogP contribution >= 0.6 is 23.2 Å². The Balaban J connectivity index is 1.12. The minimum absolute atomic E-state index is 0.0503. The number of aliphatic hydroxyl groups excluding tert-OH is 1. The van der Waals surface area contributed by atoms with E-state index in [0.717, 1.165) is 46.1 Å². The van der Waals surface area contributed by atoms with Gasteiger partial charge in [0.1, 0.15) is 11.2 Å². The summed E-state index contributed by atoms with van der Waals surface area (Å²) in [5.74, 6) is -0.617. The number of aromatic nitrogens is 5. The van der Waals surface area contributed by atoms with Crippen LogP contribution in [0.25, 0.3) is 33.4 Å². The number of likely N-dealkylation sites (tertiary alicyclic amines) is 1. The largest absolute Gasteiger partial charge is 0.481 e. The number of nitrogens with zero attached hydrogens (tertiary/aromatic N) is 7. The molecule has 2 aliphatic heterocycles. The molecule has 2 fully saturated rings. The van der Waals surface area contributed by atoms with Gasteiger partial charge in [0, 0.05) is 68.6 Å². The number of carbonyl (C=O) groups excluding carboxylic acids is 1. The molecule has 292 valence electrons. The number of hydrogen-bond acceptors (Lipinski definition) is 10. The maximum atomic E-state index is 13.9. The molecular formula is C38H37Cl2F2N9O5. The monoisotopic (exact) mass is 807 g/mol. The first-order chi connectivity index (χ1) is 26.8. The van der Waals surface area contributed by atoms with Gasteiger partial charge in [-0.3, -0.25) is 18.8 Å². The van der Waals surface area contributed by atoms with Crippen LogP contribution in [0.2, 0.25) is 10.0 Å². The Bertz CT molecular complexity index is 2550. The number of ether oxygens (including phenoxy) is 1. The summed E-state index contributed by atoms with van der Waals surface area (Å²) in [5.41, 5.74) is 2.52. The number of fused-ring (bicyclic) bond motifs is 2. The fraction of sp³-hybridized carbons (Fsp3) is 0.368. The number of methoxy groups -OCH3 is 1. The van der Waals surface area contributed by atoms with Gasteiger partial charge < -0.3 is 25.4 Å². The van der Waals surface area contributed by atoms with Gasteiger partial charge in [-0.05, 0) is 37.0 Å². The summed E-state index contributed by atoms with van der Waals surface area (Å²) in [7, 11) is 4.20. The Morgan fingerprint density at radius 2 is 1.75 bits per heavy atom. The first-order valence-electron chi connectivity index (χ1n) is 17.9. The predicted molar refractivity (Wildman–Crippen MR) is 207 cm³/mol. The van der Waals surface area contributed by atoms with Crippen LogP contribution in [-0.2, 0) is 20.5 Å². The van der Waals surface area contributed by atoms with E-state index in [1.807, 2.05) is 18.2 Å². The molecule has 8 rings (SSSR count). The Morgan fingerprint density at radius 1 is 1.02 bits per heavy atom. The van der Waals surface area contributed by atoms with E-state index in [2.05, 4.69) is 25.5 Å². The van der Waals surface area contributed by atoms with Gasteiger partial charge in [0.25, 0.3) is 12.0 Å². The number of anilines is 2. The Kier molecular flexibility index (Phi) is 9.71. The molecule has 0 saturated carbocycles. The predicted octanol–water partition coefficient (Wildman–Crippen LogP) is 5.20. The van der Waals surface area contributed by atoms with Crippen molar-refractivity contribution in [1.29, 1.82) is 0 Å². The molecule has 0 unspecified atom stereocenters. The number of urea groups is 1. The van der Waals surface area contributed by atoms with Gasteiger partial charge in [-0.1, -0.05) is 53.5 Å². The zero-order valence-electron chi connectivity index (χ0n) is 30.6. The van der Waals surface area contributed by atoms with Crippen LogP contribution in [0.4, 0.5) is 25.1 Å². The number of carbonyl (C=O) groups is 1. The highest BCUT2D eigenvalue weighted by Gasteiger charge is 2.49. The number of halogens is 4. The second-order valence-electron chi connectivity index (χ2n) is 14.3. The molecule has 2 amide bonds. The number of amides is 2. The third-order valence-corrected chi connectivity index (χ3v) is 11.8. The van der Waals surface area contributed by atoms with Crippen LogP contribution in [0.15, 0.2) is 52.1 Å². The zero-order chi connectivity index (χ0) is 39.6. The Hall–Kier alpha value is -5.16. The van der Waals surface area contributed by atoms with E-state index in [1.165, 1.54) is 14.1 Å². The zero-order valence-corrected chi connectivity index (χ0v) is 32.1. The number of benzene rings is 2. The van der Waals surface area contributed by atoms with Crippen molar-refractivity contribution in [2.75, 3.05) is 45.2 Å². The van der Waals surface area contributed by atoms with E-state index in [4.69, 9.17) is 32.9 Å². The van der Waals surface area contributed by atoms with Crippen LogP contribution in [0.5, 0.6) is 5.88 Å². The second-order valence-corrected chi connectivity index (χ2v) is 15.1. The summed E-state index contributed by atoms with van der Waals surface area (Å²) in [6.45, 7) is 2.24. The molecule has 3 aromatic heterocycles. The van der Waals surface area contributed by atoms with Crippen LogP contribution in [-0.4, -0.2) is 90.5 Å². The normalized spacial score (nSPS) is 19.4. The van der Waals surface area contributed by atoms with Crippen molar-refractivity contribution in [2.24, 2.45) is 14.1 Å². The molecule has 2 aromatic carbocycles. The molecule has 1 aliphatic carbocycles. The van der Waals surface area contributed by atoms with Gasteiger partial charge >= 0.3 is 11.7 Å². The summed E-state index contributed by atoms with van der Waals surface area (Å²) in [6, 6.07) is 12.5. The second kappa shape index (κ2) is 14.4. The maximum absolute atomic E-state index is 13.9. The lowest BCUT2D eigenvalue weighted by atomic mass is 9.99. The quantitative estimate of drug-likeness (QED) is 0.181. The third kappa shape index (κ3) is 6.24. The standard InChI is InChI=1S/C38H37Cl2F2N9O5/c1-48-33-27(35(53)49(2)37(48)55)31(45-32(46-33)30(41)42)43-23-9-5-7-21(29(23)40)20-6-4-8-22(28(20)39)24-16-19-10-11-25(26(19)34(44-24)56-3)50-13-12-38(17-50)18-51(14-15-52)36(54)47-38/h4-9,16,25,30,52H,10-15,17-18H2,1-3H3,(H,47,54)(H,43,45,46)/t25-,38-/m0/s1. The molecule has 3 N–H and O–H groups in total. The van der Waals surface area contributed by atoms with E-state index < -0.39 is 23.5 Å². The van der Waals surface area contributed by atoms with Gasteiger partial charge in [-0.2, -0.15) is 0 Å². The van der Waals surface area contributed by atoms with E-state index in [9.17, 15) is 28.3 Å². The third-order valence-electron chi connectivity index (χ3n) is 11.0. The van der Waals surface area contributed by atoms with Gasteiger partial charge in [0.05, 0.1) is 40.7 Å². The number of hydrogen-bond donors (Lipinski definition) is 3. The molecular weight excluding hydrogens is 771 g/mol. The van der Waals surface area contributed by atoms with Gasteiger partial charge in [0.2, 0.25) is 5.88 Å². The van der Waals surface area contributed by atoms with Crippen molar-refractivity contribution >= 4 is 51.8 Å². The van der Waals surface area contributed by atoms with Crippen molar-refractivity contribution in [3.05, 3.63) is 90.3 Å². The SMILES string of the molecule is COc1nc(-c2cccc(-c3cccc(Nc4nc(C(F)F)nc5c4c(=O)n(C)c(=O)n5C)c3Cl)c2Cl)cc2c1[C@@H](N1CC[C@@]3(CN(CCO)C(=O)N3)C1)CC2. The lowest BCUT2D eigenvalue weighted by Gasteiger charge is -2.28. The van der Waals surface area contributed by atoms with E-state index in [0.29, 0.717) is 52.9 Å². The molecule has 1 spiro atoms. The fourth-order valence-electron chi connectivity index (χ4n) is 8.29. The lowest BCUT2D eigenvalue weighted by Crippen LogP contribution is -2.46. The Morgan fingerprint density at radius 3 is 2.48 bits per heavy atom. The van der Waals surface area contributed by atoms with Crippen LogP contribution in [0.3, 0.4) is 0 Å². The molecule has 0 radical (unpaired) electrons. The minimum atomic E-state index is -3.09. The highest BCUT2D eigenvalue weighted by molar-refractivity contribution is 6.39. The Labute approximate surface area is 328 Å². The van der Waals surface area contributed by atoms with Crippen molar-refractivity contribution in [2.45, 2.75) is 37.3 Å². The van der Waals surface area contributed by atoms with Gasteiger partial charge in [-0.25, -0.2) is 33.3 Å². The fourth-order valence-corrected chi connectivity index (χ4v) is 8.89. The first kappa shape index (κ1) is 37.7.